The molecule has 0 unspecified atom stereocenters. The van der Waals surface area contributed by atoms with Crippen LogP contribution in [0.3, 0.4) is 0 Å². The Morgan fingerprint density at radius 3 is 2.68 bits per heavy atom. The normalized spacial score (nSPS) is 11.0. The Labute approximate surface area is 140 Å². The summed E-state index contributed by atoms with van der Waals surface area (Å²) in [6.45, 7) is 3.87. The van der Waals surface area contributed by atoms with E-state index in [-0.39, 0.29) is 0 Å². The smallest absolute Gasteiger partial charge is 0.248 e. The van der Waals surface area contributed by atoms with E-state index in [2.05, 4.69) is 31.3 Å². The number of aromatic nitrogens is 3. The van der Waals surface area contributed by atoms with E-state index in [1.807, 2.05) is 38.1 Å². The number of benzene rings is 1. The number of hydrogen-bond acceptors (Lipinski definition) is 6. The minimum atomic E-state index is 0.528. The lowest BCUT2D eigenvalue weighted by Gasteiger charge is -1.99. The molecule has 0 atom stereocenters. The van der Waals surface area contributed by atoms with E-state index < -0.39 is 0 Å². The average Bonchev–Trinajstić information content (AvgIpc) is 3.09. The first-order chi connectivity index (χ1) is 10.6. The fourth-order valence-electron chi connectivity index (χ4n) is 2.00. The summed E-state index contributed by atoms with van der Waals surface area (Å²) in [5.74, 6) is 3.47. The van der Waals surface area contributed by atoms with Crippen molar-refractivity contribution in [1.82, 2.24) is 15.4 Å². The van der Waals surface area contributed by atoms with Crippen molar-refractivity contribution in [2.24, 2.45) is 0 Å². The van der Waals surface area contributed by atoms with Crippen molar-refractivity contribution in [3.8, 4) is 11.5 Å². The van der Waals surface area contributed by atoms with Gasteiger partial charge >= 0.3 is 0 Å². The van der Waals surface area contributed by atoms with Crippen molar-refractivity contribution < 1.29 is 8.94 Å². The highest BCUT2D eigenvalue weighted by molar-refractivity contribution is 9.10. The molecular weight excluding hydrogens is 366 g/mol. The predicted octanol–water partition coefficient (Wildman–Crippen LogP) is 4.54. The van der Waals surface area contributed by atoms with E-state index in [1.165, 1.54) is 0 Å². The molecule has 3 aromatic rings. The van der Waals surface area contributed by atoms with Gasteiger partial charge in [0.2, 0.25) is 11.8 Å². The Morgan fingerprint density at radius 2 is 1.95 bits per heavy atom. The molecule has 0 aliphatic rings. The largest absolute Gasteiger partial charge is 0.420 e. The molecule has 0 saturated heterocycles. The van der Waals surface area contributed by atoms with E-state index in [1.54, 1.807) is 11.8 Å². The fourth-order valence-corrected chi connectivity index (χ4v) is 3.47. The number of rotatable bonds is 5. The SMILES string of the molecule is Cc1noc(C)c1CSCc1nnc(-c2ccccc2Br)o1. The van der Waals surface area contributed by atoms with Gasteiger partial charge in [0, 0.05) is 15.8 Å². The molecule has 1 aromatic carbocycles. The second-order valence-corrected chi connectivity index (χ2v) is 6.62. The predicted molar refractivity (Wildman–Crippen MR) is 88.4 cm³/mol. The summed E-state index contributed by atoms with van der Waals surface area (Å²) in [4.78, 5) is 0. The van der Waals surface area contributed by atoms with Gasteiger partial charge < -0.3 is 8.94 Å². The van der Waals surface area contributed by atoms with Crippen LogP contribution in [0.1, 0.15) is 22.9 Å². The molecule has 0 fully saturated rings. The zero-order valence-electron chi connectivity index (χ0n) is 12.2. The van der Waals surface area contributed by atoms with Crippen molar-refractivity contribution in [3.63, 3.8) is 0 Å². The van der Waals surface area contributed by atoms with Crippen LogP contribution in [-0.4, -0.2) is 15.4 Å². The number of halogens is 1. The molecule has 3 rings (SSSR count). The van der Waals surface area contributed by atoms with E-state index >= 15 is 0 Å². The van der Waals surface area contributed by atoms with Crippen LogP contribution in [0.4, 0.5) is 0 Å². The van der Waals surface area contributed by atoms with Gasteiger partial charge in [-0.15, -0.1) is 22.0 Å². The van der Waals surface area contributed by atoms with Crippen molar-refractivity contribution in [2.75, 3.05) is 0 Å². The van der Waals surface area contributed by atoms with E-state index in [9.17, 15) is 0 Å². The van der Waals surface area contributed by atoms with Crippen LogP contribution < -0.4 is 0 Å². The summed E-state index contributed by atoms with van der Waals surface area (Å²) in [5.41, 5.74) is 2.97. The summed E-state index contributed by atoms with van der Waals surface area (Å²) in [6, 6.07) is 7.78. The lowest BCUT2D eigenvalue weighted by Crippen LogP contribution is -1.87. The molecule has 7 heteroatoms. The fraction of sp³-hybridized carbons (Fsp3) is 0.267. The first-order valence-electron chi connectivity index (χ1n) is 6.72. The molecule has 0 aliphatic carbocycles. The maximum atomic E-state index is 5.72. The summed E-state index contributed by atoms with van der Waals surface area (Å²) in [6.07, 6.45) is 0. The molecule has 5 nitrogen and oxygen atoms in total. The highest BCUT2D eigenvalue weighted by Crippen LogP contribution is 2.28. The van der Waals surface area contributed by atoms with Gasteiger partial charge in [0.25, 0.3) is 0 Å². The van der Waals surface area contributed by atoms with Crippen molar-refractivity contribution in [2.45, 2.75) is 25.4 Å². The second kappa shape index (κ2) is 6.66. The quantitative estimate of drug-likeness (QED) is 0.648. The summed E-state index contributed by atoms with van der Waals surface area (Å²) in [7, 11) is 0. The minimum Gasteiger partial charge on any atom is -0.420 e. The third-order valence-electron chi connectivity index (χ3n) is 3.22. The number of aryl methyl sites for hydroxylation is 2. The van der Waals surface area contributed by atoms with Crippen molar-refractivity contribution >= 4 is 27.7 Å². The van der Waals surface area contributed by atoms with Crippen LogP contribution >= 0.6 is 27.7 Å². The van der Waals surface area contributed by atoms with Gasteiger partial charge in [0.1, 0.15) is 5.76 Å². The average molecular weight is 380 g/mol. The number of nitrogens with zero attached hydrogens (tertiary/aromatic N) is 3. The third kappa shape index (κ3) is 3.25. The third-order valence-corrected chi connectivity index (χ3v) is 4.86. The maximum absolute atomic E-state index is 5.72. The van der Waals surface area contributed by atoms with Crippen molar-refractivity contribution in [1.29, 1.82) is 0 Å². The van der Waals surface area contributed by atoms with Crippen molar-refractivity contribution in [3.05, 3.63) is 51.6 Å². The second-order valence-electron chi connectivity index (χ2n) is 4.78. The van der Waals surface area contributed by atoms with Crippen LogP contribution in [-0.2, 0) is 11.5 Å². The van der Waals surface area contributed by atoms with Gasteiger partial charge in [-0.2, -0.15) is 0 Å². The maximum Gasteiger partial charge on any atom is 0.248 e. The van der Waals surface area contributed by atoms with E-state index in [4.69, 9.17) is 8.94 Å². The number of thioether (sulfide) groups is 1. The van der Waals surface area contributed by atoms with Gasteiger partial charge in [-0.3, -0.25) is 0 Å². The Bertz CT molecular complexity index is 765. The molecule has 2 heterocycles. The number of hydrogen-bond donors (Lipinski definition) is 0. The first kappa shape index (κ1) is 15.3. The molecule has 0 amide bonds. The molecule has 0 saturated carbocycles. The summed E-state index contributed by atoms with van der Waals surface area (Å²) >= 11 is 5.18. The summed E-state index contributed by atoms with van der Waals surface area (Å²) < 4.78 is 11.8. The molecule has 114 valence electrons. The standard InChI is InChI=1S/C15H14BrN3O2S/c1-9-12(10(2)21-19-9)7-22-8-14-17-18-15(20-14)11-5-3-4-6-13(11)16/h3-6H,7-8H2,1-2H3. The zero-order chi connectivity index (χ0) is 15.5. The Morgan fingerprint density at radius 1 is 1.14 bits per heavy atom. The van der Waals surface area contributed by atoms with Crippen LogP contribution in [0.25, 0.3) is 11.5 Å². The highest BCUT2D eigenvalue weighted by Gasteiger charge is 2.13. The van der Waals surface area contributed by atoms with Crippen LogP contribution in [0.5, 0.6) is 0 Å². The highest BCUT2D eigenvalue weighted by atomic mass is 79.9. The van der Waals surface area contributed by atoms with Crippen LogP contribution in [0.15, 0.2) is 37.7 Å². The monoisotopic (exact) mass is 379 g/mol. The van der Waals surface area contributed by atoms with Gasteiger partial charge in [-0.1, -0.05) is 17.3 Å². The molecule has 0 spiro atoms. The van der Waals surface area contributed by atoms with Crippen LogP contribution in [0, 0.1) is 13.8 Å². The Kier molecular flexibility index (Phi) is 4.63. The molecule has 0 aliphatic heterocycles. The zero-order valence-corrected chi connectivity index (χ0v) is 14.6. The van der Waals surface area contributed by atoms with Gasteiger partial charge in [-0.05, 0) is 41.9 Å². The van der Waals surface area contributed by atoms with Crippen LogP contribution in [0.2, 0.25) is 0 Å². The van der Waals surface area contributed by atoms with E-state index in [0.29, 0.717) is 17.5 Å². The molecule has 2 aromatic heterocycles. The lowest BCUT2D eigenvalue weighted by atomic mass is 10.2. The molecule has 0 bridgehead atoms. The molecule has 0 radical (unpaired) electrons. The lowest BCUT2D eigenvalue weighted by molar-refractivity contribution is 0.392. The van der Waals surface area contributed by atoms with Gasteiger partial charge in [0.05, 0.1) is 17.0 Å². The Hall–Kier alpha value is -1.60. The molecule has 22 heavy (non-hydrogen) atoms. The van der Waals surface area contributed by atoms with Gasteiger partial charge in [0.15, 0.2) is 0 Å². The first-order valence-corrected chi connectivity index (χ1v) is 8.66. The van der Waals surface area contributed by atoms with Gasteiger partial charge in [-0.25, -0.2) is 0 Å². The molecule has 0 N–H and O–H groups in total. The summed E-state index contributed by atoms with van der Waals surface area (Å²) in [5, 5.41) is 12.2. The minimum absolute atomic E-state index is 0.528. The van der Waals surface area contributed by atoms with E-state index in [0.717, 1.165) is 32.8 Å². The molecular formula is C15H14BrN3O2S. The Balaban J connectivity index is 1.64. The topological polar surface area (TPSA) is 65.0 Å².